The van der Waals surface area contributed by atoms with Crippen molar-refractivity contribution in [2.75, 3.05) is 6.61 Å². The van der Waals surface area contributed by atoms with Gasteiger partial charge in [0.25, 0.3) is 11.6 Å². The summed E-state index contributed by atoms with van der Waals surface area (Å²) in [6, 6.07) is 5.61. The maximum atomic E-state index is 11.7. The topological polar surface area (TPSA) is 119 Å². The fourth-order valence-electron chi connectivity index (χ4n) is 1.88. The first-order chi connectivity index (χ1) is 10.4. The number of carbonyl (C=O) groups excluding carboxylic acids is 2. The Kier molecular flexibility index (Phi) is 4.21. The standard InChI is InChI=1S/C14H12N2O6/c1-2-22-14(19)11-12(17)10(15-13(11)18)7-8-4-3-5-9(6-8)16(20)21/h3-7,17H,2H2,1H3,(H,15,18)/b10-7+. The number of aliphatic hydroxyl groups is 1. The Bertz CT molecular complexity index is 720. The number of nitro benzene ring substituents is 1. The number of carbonyl (C=O) groups is 2. The van der Waals surface area contributed by atoms with Crippen molar-refractivity contribution in [2.24, 2.45) is 0 Å². The van der Waals surface area contributed by atoms with Gasteiger partial charge in [0.15, 0.2) is 11.3 Å². The molecule has 114 valence electrons. The van der Waals surface area contributed by atoms with Gasteiger partial charge in [-0.05, 0) is 18.6 Å². The summed E-state index contributed by atoms with van der Waals surface area (Å²) in [4.78, 5) is 33.4. The molecule has 1 aromatic rings. The molecule has 0 saturated heterocycles. The van der Waals surface area contributed by atoms with Crippen molar-refractivity contribution in [3.8, 4) is 0 Å². The molecule has 1 aliphatic heterocycles. The van der Waals surface area contributed by atoms with Crippen LogP contribution in [0.1, 0.15) is 12.5 Å². The van der Waals surface area contributed by atoms with Gasteiger partial charge in [-0.1, -0.05) is 12.1 Å². The zero-order chi connectivity index (χ0) is 16.3. The van der Waals surface area contributed by atoms with Crippen LogP contribution < -0.4 is 5.32 Å². The molecule has 0 aliphatic carbocycles. The molecule has 8 nitrogen and oxygen atoms in total. The number of rotatable bonds is 4. The first-order valence-electron chi connectivity index (χ1n) is 6.32. The summed E-state index contributed by atoms with van der Waals surface area (Å²) >= 11 is 0. The predicted molar refractivity (Wildman–Crippen MR) is 75.5 cm³/mol. The minimum absolute atomic E-state index is 0.0199. The van der Waals surface area contributed by atoms with Gasteiger partial charge in [0.2, 0.25) is 0 Å². The van der Waals surface area contributed by atoms with Crippen LogP contribution in [-0.2, 0) is 14.3 Å². The van der Waals surface area contributed by atoms with Gasteiger partial charge in [-0.3, -0.25) is 14.9 Å². The highest BCUT2D eigenvalue weighted by molar-refractivity contribution is 6.20. The van der Waals surface area contributed by atoms with Crippen LogP contribution in [0.15, 0.2) is 41.3 Å². The number of aliphatic hydroxyl groups excluding tert-OH is 1. The Morgan fingerprint density at radius 1 is 1.50 bits per heavy atom. The highest BCUT2D eigenvalue weighted by Crippen LogP contribution is 2.23. The fourth-order valence-corrected chi connectivity index (χ4v) is 1.88. The van der Waals surface area contributed by atoms with Gasteiger partial charge >= 0.3 is 5.97 Å². The number of nitro groups is 1. The zero-order valence-corrected chi connectivity index (χ0v) is 11.5. The first kappa shape index (κ1) is 15.2. The summed E-state index contributed by atoms with van der Waals surface area (Å²) < 4.78 is 4.68. The third kappa shape index (κ3) is 2.95. The molecule has 1 aromatic carbocycles. The number of non-ortho nitro benzene ring substituents is 1. The molecule has 0 radical (unpaired) electrons. The molecule has 0 fully saturated rings. The number of nitrogens with one attached hydrogen (secondary N) is 1. The Morgan fingerprint density at radius 2 is 2.23 bits per heavy atom. The summed E-state index contributed by atoms with van der Waals surface area (Å²) in [6.45, 7) is 1.63. The van der Waals surface area contributed by atoms with E-state index in [0.29, 0.717) is 5.56 Å². The second kappa shape index (κ2) is 6.08. The lowest BCUT2D eigenvalue weighted by Gasteiger charge is -2.00. The Labute approximate surface area is 124 Å². The van der Waals surface area contributed by atoms with Crippen LogP contribution in [0.5, 0.6) is 0 Å². The molecule has 0 atom stereocenters. The minimum atomic E-state index is -0.931. The van der Waals surface area contributed by atoms with E-state index in [2.05, 4.69) is 10.1 Å². The van der Waals surface area contributed by atoms with E-state index in [1.165, 1.54) is 24.3 Å². The summed E-state index contributed by atoms with van der Waals surface area (Å²) in [5, 5.41) is 23.0. The maximum Gasteiger partial charge on any atom is 0.347 e. The number of nitrogens with zero attached hydrogens (tertiary/aromatic N) is 1. The van der Waals surface area contributed by atoms with Crippen LogP contribution >= 0.6 is 0 Å². The van der Waals surface area contributed by atoms with E-state index < -0.39 is 28.1 Å². The molecule has 0 aromatic heterocycles. The lowest BCUT2D eigenvalue weighted by molar-refractivity contribution is -0.384. The summed E-state index contributed by atoms with van der Waals surface area (Å²) in [5.41, 5.74) is -0.249. The average Bonchev–Trinajstić information content (AvgIpc) is 2.74. The maximum absolute atomic E-state index is 11.7. The molecular formula is C14H12N2O6. The number of ether oxygens (including phenoxy) is 1. The second-order valence-corrected chi connectivity index (χ2v) is 4.31. The van der Waals surface area contributed by atoms with Gasteiger partial charge in [-0.15, -0.1) is 0 Å². The first-order valence-corrected chi connectivity index (χ1v) is 6.32. The highest BCUT2D eigenvalue weighted by atomic mass is 16.6. The summed E-state index contributed by atoms with van der Waals surface area (Å²) in [5.74, 6) is -2.26. The molecule has 2 N–H and O–H groups in total. The van der Waals surface area contributed by atoms with Gasteiger partial charge in [0.05, 0.1) is 17.2 Å². The monoisotopic (exact) mass is 304 g/mol. The van der Waals surface area contributed by atoms with Crippen LogP contribution in [0.4, 0.5) is 5.69 Å². The van der Waals surface area contributed by atoms with Gasteiger partial charge in [0.1, 0.15) is 0 Å². The molecule has 0 unspecified atom stereocenters. The average molecular weight is 304 g/mol. The molecule has 1 amide bonds. The van der Waals surface area contributed by atoms with Gasteiger partial charge < -0.3 is 15.2 Å². The van der Waals surface area contributed by atoms with Gasteiger partial charge in [0, 0.05) is 12.1 Å². The lowest BCUT2D eigenvalue weighted by atomic mass is 10.1. The van der Waals surface area contributed by atoms with Crippen molar-refractivity contribution >= 4 is 23.6 Å². The Morgan fingerprint density at radius 3 is 2.86 bits per heavy atom. The van der Waals surface area contributed by atoms with Crippen molar-refractivity contribution < 1.29 is 24.4 Å². The van der Waals surface area contributed by atoms with Crippen molar-refractivity contribution in [1.82, 2.24) is 5.32 Å². The summed E-state index contributed by atoms with van der Waals surface area (Å²) in [7, 11) is 0. The van der Waals surface area contributed by atoms with Crippen LogP contribution in [0.25, 0.3) is 6.08 Å². The van der Waals surface area contributed by atoms with Crippen molar-refractivity contribution in [3.05, 3.63) is 57.0 Å². The molecular weight excluding hydrogens is 292 g/mol. The number of amides is 1. The van der Waals surface area contributed by atoms with Crippen molar-refractivity contribution in [2.45, 2.75) is 6.92 Å². The van der Waals surface area contributed by atoms with Crippen LogP contribution in [0.2, 0.25) is 0 Å². The quantitative estimate of drug-likeness (QED) is 0.376. The normalized spacial score (nSPS) is 15.9. The number of hydrogen-bond donors (Lipinski definition) is 2. The van der Waals surface area contributed by atoms with E-state index in [-0.39, 0.29) is 18.0 Å². The number of hydrogen-bond acceptors (Lipinski definition) is 6. The Hall–Kier alpha value is -3.16. The third-order valence-electron chi connectivity index (χ3n) is 2.84. The minimum Gasteiger partial charge on any atom is -0.505 e. The second-order valence-electron chi connectivity index (χ2n) is 4.31. The van der Waals surface area contributed by atoms with E-state index in [9.17, 15) is 24.8 Å². The van der Waals surface area contributed by atoms with E-state index in [4.69, 9.17) is 0 Å². The number of esters is 1. The van der Waals surface area contributed by atoms with Crippen molar-refractivity contribution in [3.63, 3.8) is 0 Å². The zero-order valence-electron chi connectivity index (χ0n) is 11.5. The number of benzene rings is 1. The lowest BCUT2D eigenvalue weighted by Crippen LogP contribution is -2.21. The molecule has 0 spiro atoms. The molecule has 8 heteroatoms. The molecule has 1 heterocycles. The van der Waals surface area contributed by atoms with Crippen molar-refractivity contribution in [1.29, 1.82) is 0 Å². The van der Waals surface area contributed by atoms with Crippen LogP contribution in [0, 0.1) is 10.1 Å². The Balaban J connectivity index is 2.37. The van der Waals surface area contributed by atoms with E-state index in [1.807, 2.05) is 0 Å². The largest absolute Gasteiger partial charge is 0.505 e. The van der Waals surface area contributed by atoms with Gasteiger partial charge in [-0.2, -0.15) is 0 Å². The van der Waals surface area contributed by atoms with Crippen LogP contribution in [0.3, 0.4) is 0 Å². The van der Waals surface area contributed by atoms with E-state index in [1.54, 1.807) is 13.0 Å². The molecule has 0 saturated carbocycles. The van der Waals surface area contributed by atoms with Gasteiger partial charge in [-0.25, -0.2) is 4.79 Å². The smallest absolute Gasteiger partial charge is 0.347 e. The summed E-state index contributed by atoms with van der Waals surface area (Å²) in [6.07, 6.45) is 1.33. The molecule has 1 aliphatic rings. The molecule has 2 rings (SSSR count). The third-order valence-corrected chi connectivity index (χ3v) is 2.84. The molecule has 0 bridgehead atoms. The highest BCUT2D eigenvalue weighted by Gasteiger charge is 2.33. The van der Waals surface area contributed by atoms with Crippen LogP contribution in [-0.4, -0.2) is 28.5 Å². The fraction of sp³-hybridized carbons (Fsp3) is 0.143. The van der Waals surface area contributed by atoms with E-state index in [0.717, 1.165) is 0 Å². The SMILES string of the molecule is CCOC(=O)C1=C(O)/C(=C\c2cccc([N+](=O)[O-])c2)NC1=O. The molecule has 22 heavy (non-hydrogen) atoms. The predicted octanol–water partition coefficient (Wildman–Crippen LogP) is 1.44. The van der Waals surface area contributed by atoms with E-state index >= 15 is 0 Å².